The molecule has 0 aliphatic carbocycles. The first kappa shape index (κ1) is 17.7. The summed E-state index contributed by atoms with van der Waals surface area (Å²) >= 11 is 1.46. The molecule has 1 aromatic heterocycles. The molecule has 1 aliphatic rings. The Morgan fingerprint density at radius 2 is 1.84 bits per heavy atom. The minimum Gasteiger partial charge on any atom is -0.342 e. The van der Waals surface area contributed by atoms with Gasteiger partial charge in [0, 0.05) is 25.2 Å². The van der Waals surface area contributed by atoms with Crippen molar-refractivity contribution in [3.05, 3.63) is 43.0 Å². The molecule has 0 atom stereocenters. The lowest BCUT2D eigenvalue weighted by Crippen LogP contribution is -2.33. The lowest BCUT2D eigenvalue weighted by molar-refractivity contribution is -0.128. The monoisotopic (exact) mass is 356 g/mol. The molecule has 1 saturated heterocycles. The Bertz CT molecular complexity index is 705. The van der Waals surface area contributed by atoms with Gasteiger partial charge in [-0.25, -0.2) is 0 Å². The molecule has 2 aromatic rings. The first-order valence-corrected chi connectivity index (χ1v) is 9.78. The highest BCUT2D eigenvalue weighted by molar-refractivity contribution is 7.99. The molecule has 1 fully saturated rings. The normalized spacial score (nSPS) is 15.0. The van der Waals surface area contributed by atoms with Gasteiger partial charge in [0.05, 0.1) is 5.75 Å². The molecule has 1 amide bonds. The van der Waals surface area contributed by atoms with E-state index in [2.05, 4.69) is 16.8 Å². The van der Waals surface area contributed by atoms with Gasteiger partial charge in [-0.1, -0.05) is 61.0 Å². The number of rotatable bonds is 6. The van der Waals surface area contributed by atoms with E-state index in [-0.39, 0.29) is 5.91 Å². The summed E-state index contributed by atoms with van der Waals surface area (Å²) in [5.41, 5.74) is 1.02. The van der Waals surface area contributed by atoms with Crippen molar-refractivity contribution < 1.29 is 4.79 Å². The van der Waals surface area contributed by atoms with Crippen LogP contribution in [0.5, 0.6) is 0 Å². The fourth-order valence-electron chi connectivity index (χ4n) is 3.03. The molecule has 0 N–H and O–H groups in total. The van der Waals surface area contributed by atoms with Crippen LogP contribution in [0.15, 0.2) is 48.1 Å². The van der Waals surface area contributed by atoms with Crippen LogP contribution in [0.2, 0.25) is 0 Å². The minimum atomic E-state index is 0.196. The molecule has 1 aromatic carbocycles. The van der Waals surface area contributed by atoms with E-state index in [0.717, 1.165) is 42.5 Å². The van der Waals surface area contributed by atoms with Gasteiger partial charge in [0.1, 0.15) is 0 Å². The van der Waals surface area contributed by atoms with E-state index in [4.69, 9.17) is 0 Å². The van der Waals surface area contributed by atoms with E-state index >= 15 is 0 Å². The van der Waals surface area contributed by atoms with Crippen LogP contribution >= 0.6 is 11.8 Å². The lowest BCUT2D eigenvalue weighted by Gasteiger charge is -2.19. The quantitative estimate of drug-likeness (QED) is 0.586. The molecule has 0 saturated carbocycles. The summed E-state index contributed by atoms with van der Waals surface area (Å²) in [4.78, 5) is 14.5. The van der Waals surface area contributed by atoms with Crippen LogP contribution in [-0.4, -0.2) is 44.4 Å². The van der Waals surface area contributed by atoms with Crippen molar-refractivity contribution in [3.8, 4) is 11.4 Å². The van der Waals surface area contributed by atoms with Crippen LogP contribution < -0.4 is 0 Å². The van der Waals surface area contributed by atoms with Crippen molar-refractivity contribution in [2.45, 2.75) is 37.4 Å². The second kappa shape index (κ2) is 8.85. The predicted octanol–water partition coefficient (Wildman–Crippen LogP) is 3.63. The molecule has 6 heteroatoms. The second-order valence-electron chi connectivity index (χ2n) is 6.16. The third-order valence-electron chi connectivity index (χ3n) is 4.34. The summed E-state index contributed by atoms with van der Waals surface area (Å²) in [6, 6.07) is 9.98. The maximum atomic E-state index is 12.5. The van der Waals surface area contributed by atoms with Gasteiger partial charge in [-0.15, -0.1) is 16.8 Å². The highest BCUT2D eigenvalue weighted by Crippen LogP contribution is 2.24. The SMILES string of the molecule is C=CCn1c(SCC(=O)N2CCCCCC2)nnc1-c1ccccc1. The molecule has 2 heterocycles. The lowest BCUT2D eigenvalue weighted by atomic mass is 10.2. The van der Waals surface area contributed by atoms with E-state index in [1.807, 2.05) is 45.9 Å². The molecule has 0 radical (unpaired) electrons. The number of nitrogens with zero attached hydrogens (tertiary/aromatic N) is 4. The maximum absolute atomic E-state index is 12.5. The third-order valence-corrected chi connectivity index (χ3v) is 5.30. The zero-order valence-corrected chi connectivity index (χ0v) is 15.2. The second-order valence-corrected chi connectivity index (χ2v) is 7.10. The highest BCUT2D eigenvalue weighted by atomic mass is 32.2. The van der Waals surface area contributed by atoms with Crippen molar-refractivity contribution in [1.29, 1.82) is 0 Å². The number of hydrogen-bond acceptors (Lipinski definition) is 4. The van der Waals surface area contributed by atoms with E-state index in [9.17, 15) is 4.79 Å². The minimum absolute atomic E-state index is 0.196. The molecule has 3 rings (SSSR count). The molecular weight excluding hydrogens is 332 g/mol. The van der Waals surface area contributed by atoms with Crippen molar-refractivity contribution in [1.82, 2.24) is 19.7 Å². The molecule has 5 nitrogen and oxygen atoms in total. The predicted molar refractivity (Wildman–Crippen MR) is 101 cm³/mol. The number of carbonyl (C=O) groups excluding carboxylic acids is 1. The van der Waals surface area contributed by atoms with E-state index in [0.29, 0.717) is 12.3 Å². The average Bonchev–Trinajstić information content (AvgIpc) is 2.85. The van der Waals surface area contributed by atoms with Crippen LogP contribution in [0.25, 0.3) is 11.4 Å². The Balaban J connectivity index is 1.70. The summed E-state index contributed by atoms with van der Waals surface area (Å²) in [5.74, 6) is 1.41. The average molecular weight is 356 g/mol. The van der Waals surface area contributed by atoms with Gasteiger partial charge in [-0.2, -0.15) is 0 Å². The fraction of sp³-hybridized carbons (Fsp3) is 0.421. The maximum Gasteiger partial charge on any atom is 0.233 e. The van der Waals surface area contributed by atoms with Crippen LogP contribution in [0, 0.1) is 0 Å². The van der Waals surface area contributed by atoms with Crippen molar-refractivity contribution in [2.75, 3.05) is 18.8 Å². The highest BCUT2D eigenvalue weighted by Gasteiger charge is 2.18. The number of hydrogen-bond donors (Lipinski definition) is 0. The number of carbonyl (C=O) groups is 1. The topological polar surface area (TPSA) is 51.0 Å². The Hall–Kier alpha value is -2.08. The summed E-state index contributed by atoms with van der Waals surface area (Å²) in [7, 11) is 0. The van der Waals surface area contributed by atoms with E-state index < -0.39 is 0 Å². The molecule has 132 valence electrons. The fourth-order valence-corrected chi connectivity index (χ4v) is 3.88. The first-order valence-electron chi connectivity index (χ1n) is 8.79. The number of thioether (sulfide) groups is 1. The summed E-state index contributed by atoms with van der Waals surface area (Å²) in [5, 5.41) is 9.40. The van der Waals surface area contributed by atoms with Gasteiger partial charge in [-0.05, 0) is 12.8 Å². The van der Waals surface area contributed by atoms with Crippen molar-refractivity contribution in [3.63, 3.8) is 0 Å². The molecule has 1 aliphatic heterocycles. The number of likely N-dealkylation sites (tertiary alicyclic amines) is 1. The molecule has 25 heavy (non-hydrogen) atoms. The third kappa shape index (κ3) is 4.51. The number of amides is 1. The summed E-state index contributed by atoms with van der Waals surface area (Å²) < 4.78 is 2.02. The van der Waals surface area contributed by atoms with Gasteiger partial charge in [0.15, 0.2) is 11.0 Å². The van der Waals surface area contributed by atoms with E-state index in [1.165, 1.54) is 24.6 Å². The zero-order chi connectivity index (χ0) is 17.5. The molecular formula is C19H24N4OS. The van der Waals surface area contributed by atoms with Crippen LogP contribution in [-0.2, 0) is 11.3 Å². The molecule has 0 spiro atoms. The Kier molecular flexibility index (Phi) is 6.28. The first-order chi connectivity index (χ1) is 12.3. The van der Waals surface area contributed by atoms with Gasteiger partial charge < -0.3 is 4.90 Å². The summed E-state index contributed by atoms with van der Waals surface area (Å²) in [6.07, 6.45) is 6.51. The Labute approximate surface area is 153 Å². The largest absolute Gasteiger partial charge is 0.342 e. The number of benzene rings is 1. The zero-order valence-electron chi connectivity index (χ0n) is 14.4. The smallest absolute Gasteiger partial charge is 0.233 e. The molecule has 0 unspecified atom stereocenters. The van der Waals surface area contributed by atoms with Crippen molar-refractivity contribution in [2.24, 2.45) is 0 Å². The van der Waals surface area contributed by atoms with Crippen LogP contribution in [0.4, 0.5) is 0 Å². The summed E-state index contributed by atoms with van der Waals surface area (Å²) in [6.45, 7) is 6.22. The van der Waals surface area contributed by atoms with E-state index in [1.54, 1.807) is 0 Å². The molecule has 0 bridgehead atoms. The van der Waals surface area contributed by atoms with Gasteiger partial charge in [-0.3, -0.25) is 9.36 Å². The van der Waals surface area contributed by atoms with Crippen LogP contribution in [0.3, 0.4) is 0 Å². The van der Waals surface area contributed by atoms with Crippen LogP contribution in [0.1, 0.15) is 25.7 Å². The number of allylic oxidation sites excluding steroid dienone is 1. The Morgan fingerprint density at radius 3 is 2.52 bits per heavy atom. The Morgan fingerprint density at radius 1 is 1.12 bits per heavy atom. The van der Waals surface area contributed by atoms with Gasteiger partial charge in [0.25, 0.3) is 0 Å². The standard InChI is InChI=1S/C19H24N4OS/c1-2-12-23-18(16-10-6-5-7-11-16)20-21-19(23)25-15-17(24)22-13-8-3-4-9-14-22/h2,5-7,10-11H,1,3-4,8-9,12-15H2. The number of aromatic nitrogens is 3. The van der Waals surface area contributed by atoms with Gasteiger partial charge >= 0.3 is 0 Å². The van der Waals surface area contributed by atoms with Gasteiger partial charge in [0.2, 0.25) is 5.91 Å². The van der Waals surface area contributed by atoms with Crippen molar-refractivity contribution >= 4 is 17.7 Å².